The first-order valence-electron chi connectivity index (χ1n) is 19.3. The summed E-state index contributed by atoms with van der Waals surface area (Å²) in [5.41, 5.74) is 4.79. The van der Waals surface area contributed by atoms with E-state index in [2.05, 4.69) is 30.3 Å². The Morgan fingerprint density at radius 1 is 0.500 bits per heavy atom. The highest BCUT2D eigenvalue weighted by Crippen LogP contribution is 2.45. The van der Waals surface area contributed by atoms with Crippen molar-refractivity contribution in [3.05, 3.63) is 197 Å². The van der Waals surface area contributed by atoms with E-state index in [1.807, 2.05) is 124 Å². The van der Waals surface area contributed by atoms with Gasteiger partial charge in [0.05, 0.1) is 39.1 Å². The summed E-state index contributed by atoms with van der Waals surface area (Å²) in [6, 6.07) is 48.4. The van der Waals surface area contributed by atoms with Crippen LogP contribution in [0.1, 0.15) is 39.4 Å². The number of aromatic nitrogens is 2. The smallest absolute Gasteiger partial charge is 0.308 e. The lowest BCUT2D eigenvalue weighted by atomic mass is 9.87. The first kappa shape index (κ1) is 37.0. The summed E-state index contributed by atoms with van der Waals surface area (Å²) < 4.78 is 90.0. The van der Waals surface area contributed by atoms with E-state index in [-0.39, 0.29) is 28.7 Å². The van der Waals surface area contributed by atoms with E-state index in [1.54, 1.807) is 6.07 Å². The number of hydrogen-bond donors (Lipinski definition) is 0. The third-order valence-electron chi connectivity index (χ3n) is 11.5. The Hall–Kier alpha value is -7.31. The van der Waals surface area contributed by atoms with Crippen LogP contribution in [0.4, 0.5) is 26.3 Å². The third kappa shape index (κ3) is 6.15. The molecule has 0 amide bonds. The molecule has 0 saturated carbocycles. The number of hydrogen-bond acceptors (Lipinski definition) is 1. The minimum atomic E-state index is -5.06. The van der Waals surface area contributed by atoms with Gasteiger partial charge in [0.25, 0.3) is 0 Å². The lowest BCUT2D eigenvalue weighted by Crippen LogP contribution is -2.12. The van der Waals surface area contributed by atoms with Gasteiger partial charge >= 0.3 is 12.4 Å². The molecule has 9 aromatic rings. The summed E-state index contributed by atoms with van der Waals surface area (Å²) in [6.45, 7) is 0. The van der Waals surface area contributed by atoms with Gasteiger partial charge in [-0.2, -0.15) is 31.6 Å². The fourth-order valence-electron chi connectivity index (χ4n) is 8.81. The molecule has 9 heteroatoms. The molecule has 1 unspecified atom stereocenters. The number of benzene rings is 7. The summed E-state index contributed by atoms with van der Waals surface area (Å²) in [7, 11) is 0. The number of para-hydroxylation sites is 2. The Bertz CT molecular complexity index is 3180. The monoisotopic (exact) mass is 799 g/mol. The number of allylic oxidation sites excluding steroid dienone is 1. The maximum Gasteiger partial charge on any atom is 0.416 e. The van der Waals surface area contributed by atoms with Gasteiger partial charge in [0.1, 0.15) is 11.6 Å². The molecule has 2 aromatic heterocycles. The van der Waals surface area contributed by atoms with E-state index in [4.69, 9.17) is 0 Å². The maximum absolute atomic E-state index is 14.4. The van der Waals surface area contributed by atoms with Crippen molar-refractivity contribution in [1.82, 2.24) is 9.13 Å². The molecule has 60 heavy (non-hydrogen) atoms. The molecule has 292 valence electrons. The Kier molecular flexibility index (Phi) is 8.58. The molecule has 3 nitrogen and oxygen atoms in total. The van der Waals surface area contributed by atoms with E-state index in [0.717, 1.165) is 61.8 Å². The van der Waals surface area contributed by atoms with Crippen molar-refractivity contribution in [3.63, 3.8) is 0 Å². The molecule has 0 spiro atoms. The van der Waals surface area contributed by atoms with Crippen molar-refractivity contribution in [3.8, 4) is 39.7 Å². The van der Waals surface area contributed by atoms with Gasteiger partial charge in [0.15, 0.2) is 0 Å². The highest BCUT2D eigenvalue weighted by molar-refractivity contribution is 6.11. The maximum atomic E-state index is 14.4. The molecule has 7 aromatic carbocycles. The van der Waals surface area contributed by atoms with Gasteiger partial charge in [0.2, 0.25) is 0 Å². The first-order valence-corrected chi connectivity index (χ1v) is 19.3. The van der Waals surface area contributed by atoms with Crippen LogP contribution >= 0.6 is 0 Å². The summed E-state index contributed by atoms with van der Waals surface area (Å²) in [5, 5.41) is 13.9. The first-order chi connectivity index (χ1) is 29.0. The molecule has 0 saturated heterocycles. The molecular weight excluding hydrogens is 769 g/mol. The summed E-state index contributed by atoms with van der Waals surface area (Å²) in [4.78, 5) is 0. The van der Waals surface area contributed by atoms with Gasteiger partial charge in [-0.25, -0.2) is 0 Å². The van der Waals surface area contributed by atoms with E-state index >= 15 is 0 Å². The second kappa shape index (κ2) is 13.9. The number of halogens is 6. The molecule has 0 aliphatic heterocycles. The standard InChI is InChI=1S/C51H31F6N3/c52-50(53,54)37-23-35(24-38(29-37)51(55,56)57)36-27-48(59-44-17-9-7-15-39(44)41-25-33(19-21-46(41)59)31-11-3-1-4-12-31)43(30-58)49(28-36)60-45-18-10-8-16-40(45)42-26-34(20-22-47(42)60)32-13-5-2-6-14-32/h1-25,27-29,34H,26H2. The van der Waals surface area contributed by atoms with Gasteiger partial charge < -0.3 is 9.13 Å². The van der Waals surface area contributed by atoms with Crippen molar-refractivity contribution in [2.75, 3.05) is 0 Å². The highest BCUT2D eigenvalue weighted by atomic mass is 19.4. The molecule has 1 aliphatic carbocycles. The SMILES string of the molecule is N#Cc1c(-n2c3c(c4ccccc42)CC(c2ccccc2)C=C3)cc(-c2cc(C(F)(F)F)cc(C(F)(F)F)c2)cc1-n1c2ccccc2c2cc(-c3ccccc3)ccc21. The second-order valence-corrected chi connectivity index (χ2v) is 15.0. The normalized spacial score (nSPS) is 14.2. The van der Waals surface area contributed by atoms with Crippen LogP contribution in [0.3, 0.4) is 0 Å². The lowest BCUT2D eigenvalue weighted by molar-refractivity contribution is -0.143. The second-order valence-electron chi connectivity index (χ2n) is 15.0. The zero-order chi connectivity index (χ0) is 41.3. The van der Waals surface area contributed by atoms with Crippen LogP contribution in [-0.4, -0.2) is 9.13 Å². The van der Waals surface area contributed by atoms with Crippen LogP contribution in [-0.2, 0) is 18.8 Å². The lowest BCUT2D eigenvalue weighted by Gasteiger charge is -2.22. The fraction of sp³-hybridized carbons (Fsp3) is 0.0784. The number of alkyl halides is 6. The van der Waals surface area contributed by atoms with Gasteiger partial charge in [0, 0.05) is 27.8 Å². The minimum absolute atomic E-state index is 0.0552. The highest BCUT2D eigenvalue weighted by Gasteiger charge is 2.37. The number of nitrogens with zero attached hydrogens (tertiary/aromatic N) is 3. The summed E-state index contributed by atoms with van der Waals surface area (Å²) in [6.07, 6.45) is -5.39. The van der Waals surface area contributed by atoms with Gasteiger partial charge in [-0.1, -0.05) is 109 Å². The van der Waals surface area contributed by atoms with Crippen LogP contribution in [0.15, 0.2) is 164 Å². The van der Waals surface area contributed by atoms with Crippen molar-refractivity contribution in [2.45, 2.75) is 24.7 Å². The quantitative estimate of drug-likeness (QED) is 0.160. The molecule has 10 rings (SSSR count). The largest absolute Gasteiger partial charge is 0.416 e. The van der Waals surface area contributed by atoms with Crippen molar-refractivity contribution < 1.29 is 26.3 Å². The average Bonchev–Trinajstić information content (AvgIpc) is 3.78. The van der Waals surface area contributed by atoms with Gasteiger partial charge in [-0.3, -0.25) is 0 Å². The molecule has 1 aliphatic rings. The van der Waals surface area contributed by atoms with E-state index < -0.39 is 23.5 Å². The average molecular weight is 800 g/mol. The van der Waals surface area contributed by atoms with Crippen molar-refractivity contribution in [1.29, 1.82) is 5.26 Å². The van der Waals surface area contributed by atoms with Gasteiger partial charge in [-0.15, -0.1) is 0 Å². The Morgan fingerprint density at radius 2 is 1.05 bits per heavy atom. The molecule has 0 radical (unpaired) electrons. The zero-order valence-corrected chi connectivity index (χ0v) is 31.6. The fourth-order valence-corrected chi connectivity index (χ4v) is 8.81. The number of fused-ring (bicyclic) bond motifs is 6. The topological polar surface area (TPSA) is 33.6 Å². The van der Waals surface area contributed by atoms with Crippen LogP contribution in [0, 0.1) is 11.3 Å². The van der Waals surface area contributed by atoms with Crippen molar-refractivity contribution in [2.24, 2.45) is 0 Å². The molecular formula is C51H31F6N3. The van der Waals surface area contributed by atoms with Crippen LogP contribution in [0.5, 0.6) is 0 Å². The molecule has 0 N–H and O–H groups in total. The minimum Gasteiger partial charge on any atom is -0.308 e. The number of rotatable bonds is 5. The number of nitriles is 1. The predicted octanol–water partition coefficient (Wildman–Crippen LogP) is 14.3. The van der Waals surface area contributed by atoms with Crippen LogP contribution in [0.25, 0.3) is 72.4 Å². The Balaban J connectivity index is 1.30. The third-order valence-corrected chi connectivity index (χ3v) is 11.5. The zero-order valence-electron chi connectivity index (χ0n) is 31.6. The molecule has 0 bridgehead atoms. The predicted molar refractivity (Wildman–Crippen MR) is 225 cm³/mol. The van der Waals surface area contributed by atoms with E-state index in [9.17, 15) is 31.6 Å². The summed E-state index contributed by atoms with van der Waals surface area (Å²) in [5.74, 6) is 0.0552. The Morgan fingerprint density at radius 3 is 1.70 bits per heavy atom. The van der Waals surface area contributed by atoms with E-state index in [0.29, 0.717) is 28.8 Å². The van der Waals surface area contributed by atoms with E-state index in [1.165, 1.54) is 6.07 Å². The molecule has 2 heterocycles. The van der Waals surface area contributed by atoms with Crippen LogP contribution in [0.2, 0.25) is 0 Å². The molecule has 0 fully saturated rings. The Labute approximate surface area is 340 Å². The van der Waals surface area contributed by atoms with Gasteiger partial charge in [-0.05, 0) is 100 Å². The molecule has 1 atom stereocenters. The van der Waals surface area contributed by atoms with Crippen LogP contribution < -0.4 is 0 Å². The van der Waals surface area contributed by atoms with Crippen molar-refractivity contribution >= 4 is 38.8 Å². The summed E-state index contributed by atoms with van der Waals surface area (Å²) >= 11 is 0.